The fourth-order valence-corrected chi connectivity index (χ4v) is 5.37. The lowest BCUT2D eigenvalue weighted by Gasteiger charge is -2.29. The SMILES string of the molecule is CC(C)(C)OC(=O)C[C@H](NC(=O)OCc1ccccc1)C(=O)N1CSC[C@H]1C(=O)N[C@@H](Cc1ccccc1)C(=O)C(=O)O. The molecule has 0 spiro atoms. The van der Waals surface area contributed by atoms with Crippen LogP contribution in [0, 0.1) is 0 Å². The average molecular weight is 614 g/mol. The minimum atomic E-state index is -1.70. The highest BCUT2D eigenvalue weighted by Gasteiger charge is 2.41. The molecule has 1 heterocycles. The number of esters is 1. The van der Waals surface area contributed by atoms with Gasteiger partial charge in [-0.2, -0.15) is 0 Å². The maximum Gasteiger partial charge on any atom is 0.408 e. The van der Waals surface area contributed by atoms with E-state index >= 15 is 0 Å². The van der Waals surface area contributed by atoms with Crippen molar-refractivity contribution in [3.8, 4) is 0 Å². The van der Waals surface area contributed by atoms with Gasteiger partial charge in [-0.15, -0.1) is 11.8 Å². The number of benzene rings is 2. The van der Waals surface area contributed by atoms with E-state index < -0.39 is 65.8 Å². The zero-order valence-corrected chi connectivity index (χ0v) is 24.9. The van der Waals surface area contributed by atoms with Crippen molar-refractivity contribution in [3.05, 3.63) is 71.8 Å². The number of Topliss-reactive ketones (excluding diaryl/α,β-unsaturated/α-hetero) is 1. The molecule has 0 radical (unpaired) electrons. The average Bonchev–Trinajstić information content (AvgIpc) is 3.45. The van der Waals surface area contributed by atoms with E-state index in [0.717, 1.165) is 0 Å². The van der Waals surface area contributed by atoms with Gasteiger partial charge in [-0.25, -0.2) is 9.59 Å². The molecule has 3 rings (SSSR count). The summed E-state index contributed by atoms with van der Waals surface area (Å²) in [5, 5.41) is 14.2. The first-order chi connectivity index (χ1) is 20.3. The number of hydrogen-bond donors (Lipinski definition) is 3. The first-order valence-electron chi connectivity index (χ1n) is 13.5. The van der Waals surface area contributed by atoms with Gasteiger partial charge in [0.25, 0.3) is 5.78 Å². The van der Waals surface area contributed by atoms with Gasteiger partial charge in [-0.1, -0.05) is 60.7 Å². The van der Waals surface area contributed by atoms with Crippen molar-refractivity contribution in [2.45, 2.75) is 63.9 Å². The van der Waals surface area contributed by atoms with Crippen LogP contribution in [0.3, 0.4) is 0 Å². The lowest BCUT2D eigenvalue weighted by atomic mass is 10.0. The summed E-state index contributed by atoms with van der Waals surface area (Å²) >= 11 is 1.25. The molecule has 13 heteroatoms. The fraction of sp³-hybridized carbons (Fsp3) is 0.400. The van der Waals surface area contributed by atoms with E-state index in [9.17, 15) is 33.9 Å². The molecular formula is C30H35N3O9S. The van der Waals surface area contributed by atoms with E-state index in [-0.39, 0.29) is 24.7 Å². The van der Waals surface area contributed by atoms with E-state index in [2.05, 4.69) is 10.6 Å². The number of carbonyl (C=O) groups excluding carboxylic acids is 5. The third kappa shape index (κ3) is 10.4. The van der Waals surface area contributed by atoms with Crippen LogP contribution in [-0.2, 0) is 46.5 Å². The molecule has 0 aromatic heterocycles. The van der Waals surface area contributed by atoms with Gasteiger partial charge < -0.3 is 30.1 Å². The Labute approximate surface area is 253 Å². The number of ketones is 1. The quantitative estimate of drug-likeness (QED) is 0.239. The Morgan fingerprint density at radius 2 is 1.53 bits per heavy atom. The molecule has 1 aliphatic rings. The molecule has 0 saturated carbocycles. The van der Waals surface area contributed by atoms with Crippen LogP contribution < -0.4 is 10.6 Å². The van der Waals surface area contributed by atoms with Crippen LogP contribution in [0.15, 0.2) is 60.7 Å². The smallest absolute Gasteiger partial charge is 0.408 e. The number of aliphatic carboxylic acids is 1. The predicted molar refractivity (Wildman–Crippen MR) is 157 cm³/mol. The first-order valence-corrected chi connectivity index (χ1v) is 14.7. The zero-order chi connectivity index (χ0) is 31.6. The van der Waals surface area contributed by atoms with Gasteiger partial charge in [0.1, 0.15) is 30.3 Å². The molecule has 3 atom stereocenters. The number of amides is 3. The van der Waals surface area contributed by atoms with Gasteiger partial charge in [0.2, 0.25) is 11.8 Å². The van der Waals surface area contributed by atoms with Crippen molar-refractivity contribution in [1.29, 1.82) is 0 Å². The number of nitrogens with zero attached hydrogens (tertiary/aromatic N) is 1. The lowest BCUT2D eigenvalue weighted by Crippen LogP contribution is -2.57. The van der Waals surface area contributed by atoms with Crippen LogP contribution in [0.1, 0.15) is 38.3 Å². The van der Waals surface area contributed by atoms with Crippen molar-refractivity contribution in [2.24, 2.45) is 0 Å². The molecular weight excluding hydrogens is 578 g/mol. The summed E-state index contributed by atoms with van der Waals surface area (Å²) in [5.41, 5.74) is 0.488. The molecule has 230 valence electrons. The molecule has 3 N–H and O–H groups in total. The number of hydrogen-bond acceptors (Lipinski definition) is 9. The van der Waals surface area contributed by atoms with Gasteiger partial charge >= 0.3 is 18.0 Å². The molecule has 12 nitrogen and oxygen atoms in total. The normalized spacial score (nSPS) is 16.0. The van der Waals surface area contributed by atoms with Crippen molar-refractivity contribution in [3.63, 3.8) is 0 Å². The summed E-state index contributed by atoms with van der Waals surface area (Å²) < 4.78 is 10.6. The van der Waals surface area contributed by atoms with Crippen LogP contribution >= 0.6 is 11.8 Å². The molecule has 2 aromatic carbocycles. The second-order valence-corrected chi connectivity index (χ2v) is 11.8. The Morgan fingerprint density at radius 3 is 2.12 bits per heavy atom. The van der Waals surface area contributed by atoms with Gasteiger partial charge in [0, 0.05) is 12.2 Å². The first kappa shape index (κ1) is 33.1. The van der Waals surface area contributed by atoms with E-state index in [1.54, 1.807) is 81.4 Å². The topological polar surface area (TPSA) is 168 Å². The number of carboxylic acids is 1. The molecule has 0 bridgehead atoms. The number of ether oxygens (including phenoxy) is 2. The van der Waals surface area contributed by atoms with Gasteiger partial charge in [0.05, 0.1) is 12.3 Å². The molecule has 2 aromatic rings. The summed E-state index contributed by atoms with van der Waals surface area (Å²) in [6.07, 6.45) is -1.55. The second kappa shape index (κ2) is 15.2. The standard InChI is InChI=1S/C30H35N3O9S/c1-30(2,3)42-24(34)15-22(32-29(40)41-16-20-12-8-5-9-13-20)27(37)33-18-43-17-23(33)26(36)31-21(25(35)28(38)39)14-19-10-6-4-7-11-19/h4-13,21-23H,14-18H2,1-3H3,(H,31,36)(H,32,40)(H,38,39)/t21-,22-,23-/m0/s1. The summed E-state index contributed by atoms with van der Waals surface area (Å²) in [7, 11) is 0. The molecule has 1 aliphatic heterocycles. The number of carboxylic acid groups (broad SMARTS) is 1. The van der Waals surface area contributed by atoms with Gasteiger partial charge in [-0.05, 0) is 31.9 Å². The predicted octanol–water partition coefficient (Wildman–Crippen LogP) is 2.30. The Kier molecular flexibility index (Phi) is 11.7. The number of thioether (sulfide) groups is 1. The van der Waals surface area contributed by atoms with Crippen LogP contribution in [-0.4, -0.2) is 81.0 Å². The third-order valence-electron chi connectivity index (χ3n) is 6.19. The summed E-state index contributed by atoms with van der Waals surface area (Å²) in [4.78, 5) is 77.4. The summed E-state index contributed by atoms with van der Waals surface area (Å²) in [6, 6.07) is 13.5. The molecule has 3 amide bonds. The Hall–Kier alpha value is -4.39. The highest BCUT2D eigenvalue weighted by atomic mass is 32.2. The van der Waals surface area contributed by atoms with Crippen molar-refractivity contribution >= 4 is 47.4 Å². The van der Waals surface area contributed by atoms with Crippen molar-refractivity contribution < 1.29 is 43.3 Å². The fourth-order valence-electron chi connectivity index (χ4n) is 4.21. The maximum atomic E-state index is 13.7. The molecule has 0 unspecified atom stereocenters. The lowest BCUT2D eigenvalue weighted by molar-refractivity contribution is -0.157. The molecule has 0 aliphatic carbocycles. The van der Waals surface area contributed by atoms with Crippen LogP contribution in [0.4, 0.5) is 4.79 Å². The second-order valence-electron chi connectivity index (χ2n) is 10.8. The summed E-state index contributed by atoms with van der Waals surface area (Å²) in [6.45, 7) is 4.89. The van der Waals surface area contributed by atoms with E-state index in [1.165, 1.54) is 16.7 Å². The highest BCUT2D eigenvalue weighted by Crippen LogP contribution is 2.23. The van der Waals surface area contributed by atoms with Crippen molar-refractivity contribution in [2.75, 3.05) is 11.6 Å². The Morgan fingerprint density at radius 1 is 0.930 bits per heavy atom. The summed E-state index contributed by atoms with van der Waals surface area (Å²) in [5.74, 6) is -4.94. The number of carbonyl (C=O) groups is 6. The third-order valence-corrected chi connectivity index (χ3v) is 7.20. The van der Waals surface area contributed by atoms with Gasteiger partial charge in [0.15, 0.2) is 0 Å². The molecule has 43 heavy (non-hydrogen) atoms. The van der Waals surface area contributed by atoms with E-state index in [4.69, 9.17) is 9.47 Å². The molecule has 1 fully saturated rings. The Bertz CT molecular complexity index is 1320. The monoisotopic (exact) mass is 613 g/mol. The Balaban J connectivity index is 1.75. The van der Waals surface area contributed by atoms with Crippen LogP contribution in [0.2, 0.25) is 0 Å². The zero-order valence-electron chi connectivity index (χ0n) is 24.1. The minimum Gasteiger partial charge on any atom is -0.475 e. The minimum absolute atomic E-state index is 0.0543. The maximum absolute atomic E-state index is 13.7. The number of alkyl carbamates (subject to hydrolysis) is 1. The van der Waals surface area contributed by atoms with Crippen molar-refractivity contribution in [1.82, 2.24) is 15.5 Å². The van der Waals surface area contributed by atoms with Gasteiger partial charge in [-0.3, -0.25) is 19.2 Å². The van der Waals surface area contributed by atoms with Crippen LogP contribution in [0.25, 0.3) is 0 Å². The highest BCUT2D eigenvalue weighted by molar-refractivity contribution is 7.99. The van der Waals surface area contributed by atoms with E-state index in [1.807, 2.05) is 0 Å². The molecule has 1 saturated heterocycles. The number of rotatable bonds is 12. The number of nitrogens with one attached hydrogen (secondary N) is 2. The van der Waals surface area contributed by atoms with Crippen LogP contribution in [0.5, 0.6) is 0 Å². The largest absolute Gasteiger partial charge is 0.475 e. The van der Waals surface area contributed by atoms with E-state index in [0.29, 0.717) is 11.1 Å².